The molecule has 0 saturated heterocycles. The van der Waals surface area contributed by atoms with E-state index in [4.69, 9.17) is 35.9 Å². The van der Waals surface area contributed by atoms with Crippen molar-refractivity contribution in [1.82, 2.24) is 0 Å². The molecule has 0 aliphatic rings. The molecule has 342 valence electrons. The Labute approximate surface area is 377 Å². The highest BCUT2D eigenvalue weighted by molar-refractivity contribution is 8.47. The van der Waals surface area contributed by atoms with Gasteiger partial charge >= 0.3 is 23.9 Å². The van der Waals surface area contributed by atoms with Crippen molar-refractivity contribution in [2.24, 2.45) is 11.3 Å². The topological polar surface area (TPSA) is 114 Å². The van der Waals surface area contributed by atoms with Crippen LogP contribution in [0.1, 0.15) is 170 Å². The first-order valence-electron chi connectivity index (χ1n) is 22.4. The van der Waals surface area contributed by atoms with E-state index in [-0.39, 0.29) is 31.6 Å². The Morgan fingerprint density at radius 1 is 0.700 bits per heavy atom. The van der Waals surface area contributed by atoms with E-state index >= 15 is 0 Å². The lowest BCUT2D eigenvalue weighted by Crippen LogP contribution is -2.33. The Morgan fingerprint density at radius 3 is 1.82 bits per heavy atom. The predicted octanol–water partition coefficient (Wildman–Crippen LogP) is 12.5. The zero-order chi connectivity index (χ0) is 44.7. The first-order valence-corrected chi connectivity index (χ1v) is 24.7. The first-order chi connectivity index (χ1) is 28.6. The lowest BCUT2D eigenvalue weighted by Gasteiger charge is -2.25. The van der Waals surface area contributed by atoms with E-state index < -0.39 is 34.1 Å². The third kappa shape index (κ3) is 28.2. The fourth-order valence-electron chi connectivity index (χ4n) is 6.25. The average molecular weight is 895 g/mol. The maximum absolute atomic E-state index is 13.2. The Morgan fingerprint density at radius 2 is 1.25 bits per heavy atom. The lowest BCUT2D eigenvalue weighted by molar-refractivity contribution is -0.156. The van der Waals surface area contributed by atoms with E-state index in [1.165, 1.54) is 69.5 Å². The largest absolute Gasteiger partial charge is 0.465 e. The monoisotopic (exact) mass is 894 g/mol. The van der Waals surface area contributed by atoms with Crippen LogP contribution >= 0.6 is 35.7 Å². The number of rotatable bonds is 33. The molecule has 0 bridgehead atoms. The Bertz CT molecular complexity index is 1390. The summed E-state index contributed by atoms with van der Waals surface area (Å²) in [5, 5.41) is -0.577. The van der Waals surface area contributed by atoms with Crippen LogP contribution in [-0.4, -0.2) is 77.5 Å². The molecule has 1 aromatic carbocycles. The van der Waals surface area contributed by atoms with Crippen LogP contribution in [0.4, 0.5) is 0 Å². The summed E-state index contributed by atoms with van der Waals surface area (Å²) in [6.07, 6.45) is 20.3. The quantitative estimate of drug-likeness (QED) is 0.0220. The van der Waals surface area contributed by atoms with Crippen molar-refractivity contribution >= 4 is 69.2 Å². The molecule has 0 fully saturated rings. The van der Waals surface area contributed by atoms with Crippen molar-refractivity contribution in [2.45, 2.75) is 175 Å². The molecular weight excluding hydrogens is 817 g/mol. The number of carbonyl (C=O) groups excluding carboxylic acids is 4. The van der Waals surface area contributed by atoms with Crippen LogP contribution < -0.4 is 0 Å². The minimum absolute atomic E-state index is 0.150. The molecule has 0 radical (unpaired) electrons. The molecule has 0 saturated carbocycles. The third-order valence-electron chi connectivity index (χ3n) is 9.72. The Kier molecular flexibility index (Phi) is 30.8. The van der Waals surface area contributed by atoms with Gasteiger partial charge in [-0.3, -0.25) is 14.4 Å². The lowest BCUT2D eigenvalue weighted by atomic mass is 9.85. The maximum Gasteiger partial charge on any atom is 0.334 e. The van der Waals surface area contributed by atoms with Gasteiger partial charge in [0.05, 0.1) is 31.2 Å². The summed E-state index contributed by atoms with van der Waals surface area (Å²) in [6.45, 7) is 14.2. The first kappa shape index (κ1) is 55.6. The van der Waals surface area contributed by atoms with E-state index in [1.54, 1.807) is 45.7 Å². The van der Waals surface area contributed by atoms with Gasteiger partial charge in [0.15, 0.2) is 0 Å². The minimum atomic E-state index is -0.930. The molecule has 2 unspecified atom stereocenters. The minimum Gasteiger partial charge on any atom is -0.465 e. The van der Waals surface area contributed by atoms with Gasteiger partial charge in [-0.2, -0.15) is 0 Å². The molecule has 0 spiro atoms. The molecule has 0 aliphatic carbocycles. The molecule has 12 heteroatoms. The second kappa shape index (κ2) is 33.2. The van der Waals surface area contributed by atoms with Crippen LogP contribution in [-0.2, 0) is 42.9 Å². The molecule has 1 rings (SSSR count). The molecular formula is C48H78O9S3. The van der Waals surface area contributed by atoms with Gasteiger partial charge in [-0.15, -0.1) is 11.8 Å². The average Bonchev–Trinajstić information content (AvgIpc) is 3.19. The number of ether oxygens (including phenoxy) is 5. The second-order valence-electron chi connectivity index (χ2n) is 17.3. The van der Waals surface area contributed by atoms with Crippen molar-refractivity contribution in [3.63, 3.8) is 0 Å². The second-order valence-corrected chi connectivity index (χ2v) is 20.8. The number of unbranched alkanes of at least 4 members (excludes halogenated alkanes) is 14. The molecule has 1 aromatic rings. The number of thioether (sulfide) groups is 2. The number of benzene rings is 1. The van der Waals surface area contributed by atoms with Gasteiger partial charge < -0.3 is 23.7 Å². The van der Waals surface area contributed by atoms with E-state index in [9.17, 15) is 19.2 Å². The van der Waals surface area contributed by atoms with E-state index in [0.29, 0.717) is 28.7 Å². The molecule has 0 N–H and O–H groups in total. The van der Waals surface area contributed by atoms with Crippen LogP contribution in [0.25, 0.3) is 6.08 Å². The fourth-order valence-corrected chi connectivity index (χ4v) is 9.00. The zero-order valence-corrected chi connectivity index (χ0v) is 40.7. The smallest absolute Gasteiger partial charge is 0.334 e. The number of carbonyl (C=O) groups is 4. The van der Waals surface area contributed by atoms with Gasteiger partial charge in [0.2, 0.25) is 0 Å². The van der Waals surface area contributed by atoms with Crippen LogP contribution in [0, 0.1) is 11.3 Å². The Balaban J connectivity index is 2.42. The van der Waals surface area contributed by atoms with E-state index in [1.807, 2.05) is 51.1 Å². The van der Waals surface area contributed by atoms with Gasteiger partial charge in [0.1, 0.15) is 21.0 Å². The van der Waals surface area contributed by atoms with E-state index in [0.717, 1.165) is 56.3 Å². The number of hydrogen-bond donors (Lipinski definition) is 0. The molecule has 9 nitrogen and oxygen atoms in total. The molecule has 0 aliphatic heterocycles. The standard InChI is InChI=1S/C48H78O9S3/c1-9-10-11-12-13-14-15-18-21-27-34-59-46(58)60-41(44(51)57-47(3,4)5)35-38(2)42(49)54-30-25-19-16-17-20-26-31-55-43(50)40(36-39-28-23-22-24-29-39)37-48(6,7)45(52)56-33-32-53-8/h22-24,28-29,36,38,41H,9-21,25-27,30-35,37H2,1-8H3/b40-36+. The van der Waals surface area contributed by atoms with Gasteiger partial charge in [0, 0.05) is 12.7 Å². The molecule has 0 heterocycles. The van der Waals surface area contributed by atoms with Gasteiger partial charge in [-0.05, 0) is 84.1 Å². The summed E-state index contributed by atoms with van der Waals surface area (Å²) >= 11 is 8.62. The highest BCUT2D eigenvalue weighted by Crippen LogP contribution is 2.31. The summed E-state index contributed by atoms with van der Waals surface area (Å²) in [6, 6.07) is 9.49. The molecule has 0 amide bonds. The summed E-state index contributed by atoms with van der Waals surface area (Å²) in [5.74, 6) is -1.06. The van der Waals surface area contributed by atoms with Crippen molar-refractivity contribution in [2.75, 3.05) is 39.3 Å². The highest BCUT2D eigenvalue weighted by atomic mass is 32.2. The van der Waals surface area contributed by atoms with Crippen LogP contribution in [0.5, 0.6) is 0 Å². The van der Waals surface area contributed by atoms with E-state index in [2.05, 4.69) is 6.92 Å². The van der Waals surface area contributed by atoms with Crippen molar-refractivity contribution < 1.29 is 42.9 Å². The number of esters is 4. The number of hydrogen-bond acceptors (Lipinski definition) is 12. The molecule has 0 aromatic heterocycles. The van der Waals surface area contributed by atoms with Crippen molar-refractivity contribution in [3.05, 3.63) is 41.5 Å². The summed E-state index contributed by atoms with van der Waals surface area (Å²) in [7, 11) is 1.54. The fraction of sp³-hybridized carbons (Fsp3) is 0.729. The normalized spacial score (nSPS) is 13.0. The summed E-state index contributed by atoms with van der Waals surface area (Å²) in [4.78, 5) is 52.0. The number of methoxy groups -OCH3 is 1. The van der Waals surface area contributed by atoms with Crippen LogP contribution in [0.15, 0.2) is 35.9 Å². The van der Waals surface area contributed by atoms with Crippen LogP contribution in [0.3, 0.4) is 0 Å². The van der Waals surface area contributed by atoms with Gasteiger partial charge in [-0.1, -0.05) is 152 Å². The van der Waals surface area contributed by atoms with Crippen molar-refractivity contribution in [1.29, 1.82) is 0 Å². The summed E-state index contributed by atoms with van der Waals surface area (Å²) in [5.41, 5.74) is -0.310. The number of thiocarbonyl (C=S) groups is 1. The van der Waals surface area contributed by atoms with Gasteiger partial charge in [0.25, 0.3) is 0 Å². The Hall–Kier alpha value is -2.41. The molecule has 2 atom stereocenters. The third-order valence-corrected chi connectivity index (χ3v) is 12.6. The summed E-state index contributed by atoms with van der Waals surface area (Å²) < 4.78 is 28.0. The molecule has 60 heavy (non-hydrogen) atoms. The van der Waals surface area contributed by atoms with Gasteiger partial charge in [-0.25, -0.2) is 4.79 Å². The SMILES string of the molecule is CCCCCCCCCCCCSC(=S)SC(CC(C)C(=O)OCCCCCCCCOC(=O)/C(=C/c1ccccc1)CC(C)(C)C(=O)OCCOC)C(=O)OC(C)(C)C. The highest BCUT2D eigenvalue weighted by Gasteiger charge is 2.33. The predicted molar refractivity (Wildman–Crippen MR) is 253 cm³/mol. The van der Waals surface area contributed by atoms with Crippen LogP contribution in [0.2, 0.25) is 0 Å². The van der Waals surface area contributed by atoms with Crippen molar-refractivity contribution in [3.8, 4) is 0 Å². The zero-order valence-electron chi connectivity index (χ0n) is 38.3. The maximum atomic E-state index is 13.2.